The first-order chi connectivity index (χ1) is 9.22. The van der Waals surface area contributed by atoms with Crippen molar-refractivity contribution < 1.29 is 14.7 Å². The summed E-state index contributed by atoms with van der Waals surface area (Å²) in [6.07, 6.45) is 0.394. The molecule has 0 aliphatic carbocycles. The maximum absolute atomic E-state index is 12.1. The number of carboxylic acids is 1. The molecule has 1 atom stereocenters. The van der Waals surface area contributed by atoms with Crippen LogP contribution in [0.3, 0.4) is 0 Å². The van der Waals surface area contributed by atoms with Gasteiger partial charge in [-0.15, -0.1) is 0 Å². The van der Waals surface area contributed by atoms with Crippen molar-refractivity contribution in [1.29, 1.82) is 0 Å². The predicted octanol–water partition coefficient (Wildman–Crippen LogP) is 1.77. The zero-order valence-corrected chi connectivity index (χ0v) is 12.7. The number of aromatic nitrogens is 2. The van der Waals surface area contributed by atoms with Crippen LogP contribution in [0, 0.1) is 5.92 Å². The van der Waals surface area contributed by atoms with Gasteiger partial charge in [0.05, 0.1) is 0 Å². The molecule has 1 amide bonds. The Kier molecular flexibility index (Phi) is 5.30. The summed E-state index contributed by atoms with van der Waals surface area (Å²) in [5.74, 6) is -1.03. The highest BCUT2D eigenvalue weighted by Gasteiger charge is 2.23. The van der Waals surface area contributed by atoms with Gasteiger partial charge < -0.3 is 10.4 Å². The van der Waals surface area contributed by atoms with Gasteiger partial charge in [-0.25, -0.2) is 4.79 Å². The first-order valence-electron chi connectivity index (χ1n) is 6.80. The van der Waals surface area contributed by atoms with Crippen LogP contribution >= 0.6 is 0 Å². The van der Waals surface area contributed by atoms with E-state index in [9.17, 15) is 9.59 Å². The maximum atomic E-state index is 12.1. The van der Waals surface area contributed by atoms with Crippen molar-refractivity contribution in [3.8, 4) is 0 Å². The number of rotatable bonds is 6. The average Bonchev–Trinajstić information content (AvgIpc) is 2.69. The molecule has 0 spiro atoms. The summed E-state index contributed by atoms with van der Waals surface area (Å²) >= 11 is 0. The molecular weight excluding hydrogens is 258 g/mol. The van der Waals surface area contributed by atoms with Crippen LogP contribution in [0.15, 0.2) is 6.07 Å². The molecular formula is C14H23N3O3. The first kappa shape index (κ1) is 16.2. The molecule has 0 bridgehead atoms. The maximum Gasteiger partial charge on any atom is 0.326 e. The summed E-state index contributed by atoms with van der Waals surface area (Å²) < 4.78 is 1.65. The van der Waals surface area contributed by atoms with Gasteiger partial charge >= 0.3 is 5.97 Å². The second kappa shape index (κ2) is 6.54. The molecule has 0 aliphatic heterocycles. The van der Waals surface area contributed by atoms with Crippen molar-refractivity contribution in [1.82, 2.24) is 15.1 Å². The first-order valence-corrected chi connectivity index (χ1v) is 6.80. The van der Waals surface area contributed by atoms with E-state index in [1.54, 1.807) is 17.8 Å². The zero-order chi connectivity index (χ0) is 15.4. The van der Waals surface area contributed by atoms with Gasteiger partial charge in [0.1, 0.15) is 11.7 Å². The number of hydrogen-bond acceptors (Lipinski definition) is 3. The third-order valence-electron chi connectivity index (χ3n) is 3.05. The molecule has 1 rings (SSSR count). The molecule has 20 heavy (non-hydrogen) atoms. The van der Waals surface area contributed by atoms with E-state index in [1.807, 2.05) is 27.7 Å². The molecule has 6 nitrogen and oxygen atoms in total. The van der Waals surface area contributed by atoms with Gasteiger partial charge in [-0.1, -0.05) is 27.7 Å². The molecule has 1 aromatic rings. The van der Waals surface area contributed by atoms with Crippen LogP contribution < -0.4 is 5.32 Å². The summed E-state index contributed by atoms with van der Waals surface area (Å²) in [6, 6.07) is 0.820. The van der Waals surface area contributed by atoms with Gasteiger partial charge in [0.2, 0.25) is 0 Å². The molecule has 0 aliphatic rings. The molecule has 0 saturated carbocycles. The van der Waals surface area contributed by atoms with E-state index in [-0.39, 0.29) is 17.5 Å². The van der Waals surface area contributed by atoms with Crippen LogP contribution in [0.5, 0.6) is 0 Å². The lowest BCUT2D eigenvalue weighted by atomic mass is 10.0. The Bertz CT molecular complexity index is 492. The lowest BCUT2D eigenvalue weighted by Crippen LogP contribution is -2.41. The van der Waals surface area contributed by atoms with E-state index in [1.165, 1.54) is 0 Å². The standard InChI is InChI=1S/C14H23N3O3/c1-8(2)6-11(14(19)20)15-13(18)10-7-12(9(3)4)17(5)16-10/h7-9,11H,6H2,1-5H3,(H,15,18)(H,19,20)/t11-/m1/s1. The summed E-state index contributed by atoms with van der Waals surface area (Å²) in [7, 11) is 1.77. The third kappa shape index (κ3) is 4.08. The number of aryl methyl sites for hydroxylation is 1. The van der Waals surface area contributed by atoms with E-state index in [0.717, 1.165) is 5.69 Å². The van der Waals surface area contributed by atoms with Crippen LogP contribution in [0.25, 0.3) is 0 Å². The predicted molar refractivity (Wildman–Crippen MR) is 75.6 cm³/mol. The Balaban J connectivity index is 2.84. The van der Waals surface area contributed by atoms with Crippen molar-refractivity contribution in [3.05, 3.63) is 17.5 Å². The fraction of sp³-hybridized carbons (Fsp3) is 0.643. The monoisotopic (exact) mass is 281 g/mol. The molecule has 6 heteroatoms. The summed E-state index contributed by atoms with van der Waals surface area (Å²) in [5, 5.41) is 15.8. The molecule has 0 unspecified atom stereocenters. The van der Waals surface area contributed by atoms with Crippen molar-refractivity contribution in [2.75, 3.05) is 0 Å². The van der Waals surface area contributed by atoms with E-state index >= 15 is 0 Å². The molecule has 0 saturated heterocycles. The molecule has 0 radical (unpaired) electrons. The lowest BCUT2D eigenvalue weighted by molar-refractivity contribution is -0.139. The topological polar surface area (TPSA) is 84.2 Å². The minimum atomic E-state index is -1.02. The largest absolute Gasteiger partial charge is 0.480 e. The number of nitrogens with zero attached hydrogens (tertiary/aromatic N) is 2. The van der Waals surface area contributed by atoms with Gasteiger partial charge in [0.25, 0.3) is 5.91 Å². The number of carbonyl (C=O) groups excluding carboxylic acids is 1. The van der Waals surface area contributed by atoms with Crippen molar-refractivity contribution in [3.63, 3.8) is 0 Å². The molecule has 112 valence electrons. The Labute approximate surface area is 119 Å². The van der Waals surface area contributed by atoms with E-state index in [2.05, 4.69) is 10.4 Å². The van der Waals surface area contributed by atoms with Crippen molar-refractivity contribution >= 4 is 11.9 Å². The smallest absolute Gasteiger partial charge is 0.326 e. The molecule has 1 heterocycles. The molecule has 0 aromatic carbocycles. The lowest BCUT2D eigenvalue weighted by Gasteiger charge is -2.15. The second-order valence-electron chi connectivity index (χ2n) is 5.73. The Hall–Kier alpha value is -1.85. The fourth-order valence-corrected chi connectivity index (χ4v) is 2.06. The number of carbonyl (C=O) groups is 2. The summed E-state index contributed by atoms with van der Waals surface area (Å²) in [4.78, 5) is 23.2. The third-order valence-corrected chi connectivity index (χ3v) is 3.05. The normalized spacial score (nSPS) is 12.8. The highest BCUT2D eigenvalue weighted by atomic mass is 16.4. The van der Waals surface area contributed by atoms with Crippen LogP contribution in [-0.2, 0) is 11.8 Å². The van der Waals surface area contributed by atoms with E-state index in [4.69, 9.17) is 5.11 Å². The average molecular weight is 281 g/mol. The van der Waals surface area contributed by atoms with Crippen LogP contribution in [0.1, 0.15) is 56.2 Å². The van der Waals surface area contributed by atoms with Gasteiger partial charge in [-0.3, -0.25) is 9.48 Å². The van der Waals surface area contributed by atoms with Crippen molar-refractivity contribution in [2.45, 2.75) is 46.1 Å². The number of amides is 1. The summed E-state index contributed by atoms with van der Waals surface area (Å²) in [6.45, 7) is 7.86. The second-order valence-corrected chi connectivity index (χ2v) is 5.73. The highest BCUT2D eigenvalue weighted by molar-refractivity contribution is 5.95. The Morgan fingerprint density at radius 1 is 1.35 bits per heavy atom. The van der Waals surface area contributed by atoms with Gasteiger partial charge in [-0.2, -0.15) is 5.10 Å². The van der Waals surface area contributed by atoms with E-state index < -0.39 is 17.9 Å². The highest BCUT2D eigenvalue weighted by Crippen LogP contribution is 2.15. The Morgan fingerprint density at radius 2 is 1.95 bits per heavy atom. The fourth-order valence-electron chi connectivity index (χ4n) is 2.06. The quantitative estimate of drug-likeness (QED) is 0.832. The SMILES string of the molecule is CC(C)C[C@@H](NC(=O)c1cc(C(C)C)n(C)n1)C(=O)O. The number of aliphatic carboxylic acids is 1. The number of nitrogens with one attached hydrogen (secondary N) is 1. The van der Waals surface area contributed by atoms with Crippen LogP contribution in [-0.4, -0.2) is 32.8 Å². The molecule has 1 aromatic heterocycles. The number of carboxylic acid groups (broad SMARTS) is 1. The minimum absolute atomic E-state index is 0.186. The zero-order valence-electron chi connectivity index (χ0n) is 12.7. The van der Waals surface area contributed by atoms with Crippen LogP contribution in [0.2, 0.25) is 0 Å². The number of hydrogen-bond donors (Lipinski definition) is 2. The van der Waals surface area contributed by atoms with Gasteiger partial charge in [-0.05, 0) is 24.3 Å². The van der Waals surface area contributed by atoms with Crippen molar-refractivity contribution in [2.24, 2.45) is 13.0 Å². The summed E-state index contributed by atoms with van der Waals surface area (Å²) in [5.41, 5.74) is 1.19. The van der Waals surface area contributed by atoms with Gasteiger partial charge in [0.15, 0.2) is 0 Å². The molecule has 0 fully saturated rings. The minimum Gasteiger partial charge on any atom is -0.480 e. The molecule has 2 N–H and O–H groups in total. The van der Waals surface area contributed by atoms with E-state index in [0.29, 0.717) is 6.42 Å². The Morgan fingerprint density at radius 3 is 2.35 bits per heavy atom. The van der Waals surface area contributed by atoms with Gasteiger partial charge in [0, 0.05) is 12.7 Å². The van der Waals surface area contributed by atoms with Crippen LogP contribution in [0.4, 0.5) is 0 Å².